The van der Waals surface area contributed by atoms with E-state index in [0.717, 1.165) is 12.8 Å². The van der Waals surface area contributed by atoms with Gasteiger partial charge in [-0.2, -0.15) is 0 Å². The van der Waals surface area contributed by atoms with Crippen LogP contribution in [0, 0.1) is 12.8 Å². The highest BCUT2D eigenvalue weighted by atomic mass is 16.5. The molecule has 8 nitrogen and oxygen atoms in total. The first kappa shape index (κ1) is 23.8. The summed E-state index contributed by atoms with van der Waals surface area (Å²) < 4.78 is 16.6. The van der Waals surface area contributed by atoms with Gasteiger partial charge in [-0.05, 0) is 58.6 Å². The first-order valence-corrected chi connectivity index (χ1v) is 11.1. The van der Waals surface area contributed by atoms with Gasteiger partial charge in [0, 0.05) is 19.6 Å². The number of amides is 1. The van der Waals surface area contributed by atoms with E-state index in [-0.39, 0.29) is 30.4 Å². The number of fused-ring (bicyclic) bond motifs is 1. The summed E-state index contributed by atoms with van der Waals surface area (Å²) in [5, 5.41) is 3.63. The molecule has 1 saturated heterocycles. The van der Waals surface area contributed by atoms with Crippen LogP contribution in [0.15, 0.2) is 18.2 Å². The Morgan fingerprint density at radius 2 is 2.00 bits per heavy atom. The van der Waals surface area contributed by atoms with Gasteiger partial charge in [-0.15, -0.1) is 0 Å². The molecule has 1 fully saturated rings. The summed E-state index contributed by atoms with van der Waals surface area (Å²) >= 11 is 0. The summed E-state index contributed by atoms with van der Waals surface area (Å²) in [5.74, 6) is 0.357. The number of nitrogens with zero attached hydrogens (tertiary/aromatic N) is 1. The highest BCUT2D eigenvalue weighted by Gasteiger charge is 2.26. The zero-order chi connectivity index (χ0) is 23.3. The van der Waals surface area contributed by atoms with Gasteiger partial charge in [0.1, 0.15) is 17.9 Å². The maximum Gasteiger partial charge on any atom is 0.342 e. The summed E-state index contributed by atoms with van der Waals surface area (Å²) in [5.41, 5.74) is 7.45. The van der Waals surface area contributed by atoms with E-state index in [4.69, 9.17) is 19.9 Å². The number of nitrogens with two attached hydrogens (primary N) is 1. The van der Waals surface area contributed by atoms with Crippen molar-refractivity contribution in [1.29, 1.82) is 0 Å². The Balaban J connectivity index is 1.75. The predicted octanol–water partition coefficient (Wildman–Crippen LogP) is 3.39. The number of hydrogen-bond donors (Lipinski definition) is 2. The number of esters is 1. The largest absolute Gasteiger partial charge is 0.490 e. The van der Waals surface area contributed by atoms with E-state index in [1.54, 1.807) is 19.9 Å². The third kappa shape index (κ3) is 5.68. The minimum atomic E-state index is -0.596. The van der Waals surface area contributed by atoms with Gasteiger partial charge in [0.25, 0.3) is 0 Å². The summed E-state index contributed by atoms with van der Waals surface area (Å²) in [7, 11) is 0. The summed E-state index contributed by atoms with van der Waals surface area (Å²) in [6, 6.07) is 5.43. The Morgan fingerprint density at radius 1 is 1.28 bits per heavy atom. The van der Waals surface area contributed by atoms with Crippen LogP contribution >= 0.6 is 0 Å². The fourth-order valence-corrected chi connectivity index (χ4v) is 3.96. The third-order valence-electron chi connectivity index (χ3n) is 5.55. The molecule has 32 heavy (non-hydrogen) atoms. The molecule has 0 aliphatic carbocycles. The lowest BCUT2D eigenvalue weighted by Crippen LogP contribution is -2.48. The molecule has 1 aliphatic rings. The third-order valence-corrected chi connectivity index (χ3v) is 5.55. The highest BCUT2D eigenvalue weighted by molar-refractivity contribution is 6.07. The molecule has 1 aliphatic heterocycles. The fourth-order valence-electron chi connectivity index (χ4n) is 3.96. The maximum atomic E-state index is 12.5. The topological polar surface area (TPSA) is 113 Å². The molecule has 3 N–H and O–H groups in total. The van der Waals surface area contributed by atoms with Crippen LogP contribution in [0.1, 0.15) is 56.1 Å². The monoisotopic (exact) mass is 443 g/mol. The van der Waals surface area contributed by atoms with Crippen molar-refractivity contribution >= 4 is 28.5 Å². The van der Waals surface area contributed by atoms with Gasteiger partial charge in [0.2, 0.25) is 5.91 Å². The van der Waals surface area contributed by atoms with Crippen LogP contribution in [0.5, 0.6) is 5.75 Å². The first-order chi connectivity index (χ1) is 15.2. The van der Waals surface area contributed by atoms with E-state index in [0.29, 0.717) is 47.9 Å². The zero-order valence-electron chi connectivity index (χ0n) is 19.3. The van der Waals surface area contributed by atoms with E-state index in [1.807, 2.05) is 26.0 Å². The number of carbonyl (C=O) groups is 2. The van der Waals surface area contributed by atoms with E-state index in [2.05, 4.69) is 10.3 Å². The molecule has 0 radical (unpaired) electrons. The lowest BCUT2D eigenvalue weighted by Gasteiger charge is -2.28. The molecular weight excluding hydrogens is 410 g/mol. The Hall–Kier alpha value is -2.87. The van der Waals surface area contributed by atoms with Crippen molar-refractivity contribution in [2.24, 2.45) is 5.92 Å². The average molecular weight is 444 g/mol. The van der Waals surface area contributed by atoms with Gasteiger partial charge in [0.05, 0.1) is 34.4 Å². The number of nitrogens with one attached hydrogen (secondary N) is 1. The molecule has 1 aromatic carbocycles. The van der Waals surface area contributed by atoms with E-state index in [9.17, 15) is 9.59 Å². The minimum absolute atomic E-state index is 0.00447. The molecule has 2 heterocycles. The van der Waals surface area contributed by atoms with Gasteiger partial charge in [-0.25, -0.2) is 4.79 Å². The van der Waals surface area contributed by atoms with Crippen LogP contribution in [-0.4, -0.2) is 48.8 Å². The minimum Gasteiger partial charge on any atom is -0.490 e. The molecule has 174 valence electrons. The van der Waals surface area contributed by atoms with Crippen LogP contribution in [0.4, 0.5) is 5.69 Å². The molecule has 0 spiro atoms. The molecule has 3 rings (SSSR count). The Bertz CT molecular complexity index is 983. The van der Waals surface area contributed by atoms with Crippen molar-refractivity contribution in [2.75, 3.05) is 32.2 Å². The molecule has 0 saturated carbocycles. The highest BCUT2D eigenvalue weighted by Crippen LogP contribution is 2.34. The molecule has 2 aromatic rings. The molecule has 1 aromatic heterocycles. The normalized spacial score (nSPS) is 14.9. The summed E-state index contributed by atoms with van der Waals surface area (Å²) in [6.45, 7) is 9.20. The van der Waals surface area contributed by atoms with E-state index >= 15 is 0 Å². The van der Waals surface area contributed by atoms with Crippen molar-refractivity contribution in [1.82, 2.24) is 10.3 Å². The van der Waals surface area contributed by atoms with Gasteiger partial charge in [-0.3, -0.25) is 9.78 Å². The van der Waals surface area contributed by atoms with Crippen LogP contribution in [0.2, 0.25) is 0 Å². The quantitative estimate of drug-likeness (QED) is 0.601. The van der Waals surface area contributed by atoms with E-state index in [1.165, 1.54) is 0 Å². The van der Waals surface area contributed by atoms with Crippen molar-refractivity contribution in [2.45, 2.75) is 52.5 Å². The van der Waals surface area contributed by atoms with Crippen molar-refractivity contribution in [3.8, 4) is 5.75 Å². The second-order valence-electron chi connectivity index (χ2n) is 8.84. The molecule has 8 heteroatoms. The Kier molecular flexibility index (Phi) is 7.56. The van der Waals surface area contributed by atoms with E-state index < -0.39 is 11.5 Å². The second kappa shape index (κ2) is 10.2. The summed E-state index contributed by atoms with van der Waals surface area (Å²) in [6.07, 6.45) is 2.31. The van der Waals surface area contributed by atoms with Gasteiger partial charge < -0.3 is 25.3 Å². The Labute approximate surface area is 188 Å². The van der Waals surface area contributed by atoms with Gasteiger partial charge >= 0.3 is 5.97 Å². The van der Waals surface area contributed by atoms with Crippen molar-refractivity contribution < 1.29 is 23.8 Å². The van der Waals surface area contributed by atoms with Crippen LogP contribution < -0.4 is 15.8 Å². The standard InChI is InChI=1S/C24H33N3O5/c1-5-31-23(29)20-15(2)26-17-7-6-8-18(21(17)22(20)25)32-14-24(3,4)27-19(28)13-16-9-11-30-12-10-16/h6-8,16H,5,9-14H2,1-4H3,(H2,25,26)(H,27,28). The molecule has 0 unspecified atom stereocenters. The number of nitrogen functional groups attached to an aromatic ring is 1. The predicted molar refractivity (Wildman–Crippen MR) is 123 cm³/mol. The summed E-state index contributed by atoms with van der Waals surface area (Å²) in [4.78, 5) is 29.5. The molecule has 1 amide bonds. The van der Waals surface area contributed by atoms with Crippen LogP contribution in [0.25, 0.3) is 10.9 Å². The molecule has 0 atom stereocenters. The molecular formula is C24H33N3O5. The number of hydrogen-bond acceptors (Lipinski definition) is 7. The second-order valence-corrected chi connectivity index (χ2v) is 8.84. The Morgan fingerprint density at radius 3 is 2.69 bits per heavy atom. The fraction of sp³-hybridized carbons (Fsp3) is 0.542. The molecule has 0 bridgehead atoms. The number of pyridine rings is 1. The number of anilines is 1. The van der Waals surface area contributed by atoms with Crippen LogP contribution in [-0.2, 0) is 14.3 Å². The average Bonchev–Trinajstić information content (AvgIpc) is 2.72. The number of ether oxygens (including phenoxy) is 3. The van der Waals surface area contributed by atoms with Crippen molar-refractivity contribution in [3.63, 3.8) is 0 Å². The maximum absolute atomic E-state index is 12.5. The zero-order valence-corrected chi connectivity index (χ0v) is 19.3. The van der Waals surface area contributed by atoms with Gasteiger partial charge in [-0.1, -0.05) is 6.07 Å². The lowest BCUT2D eigenvalue weighted by molar-refractivity contribution is -0.124. The number of carbonyl (C=O) groups excluding carboxylic acids is 2. The number of aryl methyl sites for hydroxylation is 1. The van der Waals surface area contributed by atoms with Crippen LogP contribution in [0.3, 0.4) is 0 Å². The lowest BCUT2D eigenvalue weighted by atomic mass is 9.95. The van der Waals surface area contributed by atoms with Gasteiger partial charge in [0.15, 0.2) is 0 Å². The van der Waals surface area contributed by atoms with Crippen molar-refractivity contribution in [3.05, 3.63) is 29.5 Å². The SMILES string of the molecule is CCOC(=O)c1c(C)nc2cccc(OCC(C)(C)NC(=O)CC3CCOCC3)c2c1N. The first-order valence-electron chi connectivity index (χ1n) is 11.1. The smallest absolute Gasteiger partial charge is 0.342 e. The number of rotatable bonds is 8. The number of benzene rings is 1. The number of aromatic nitrogens is 1.